The maximum atomic E-state index is 11.3. The van der Waals surface area contributed by atoms with Crippen molar-refractivity contribution in [3.63, 3.8) is 0 Å². The van der Waals surface area contributed by atoms with Crippen LogP contribution >= 0.6 is 0 Å². The van der Waals surface area contributed by atoms with Crippen LogP contribution in [0.2, 0.25) is 13.1 Å². The SMILES string of the molecule is C=C[Si](C)(C)C1CN1C(=O)OCC. The van der Waals surface area contributed by atoms with Crippen molar-refractivity contribution in [1.29, 1.82) is 0 Å². The molecule has 0 N–H and O–H groups in total. The topological polar surface area (TPSA) is 29.3 Å². The number of carbonyl (C=O) groups is 1. The molecule has 0 aromatic rings. The molecule has 1 unspecified atom stereocenters. The number of nitrogens with zero attached hydrogens (tertiary/aromatic N) is 1. The van der Waals surface area contributed by atoms with Crippen molar-refractivity contribution in [1.82, 2.24) is 4.90 Å². The van der Waals surface area contributed by atoms with E-state index in [1.165, 1.54) is 0 Å². The summed E-state index contributed by atoms with van der Waals surface area (Å²) in [6, 6.07) is 0. The Bertz CT molecular complexity index is 228. The molecule has 0 aromatic heterocycles. The lowest BCUT2D eigenvalue weighted by atomic mass is 10.9. The predicted molar refractivity (Wildman–Crippen MR) is 55.2 cm³/mol. The molecule has 13 heavy (non-hydrogen) atoms. The first kappa shape index (κ1) is 10.3. The van der Waals surface area contributed by atoms with Gasteiger partial charge in [0.05, 0.1) is 14.7 Å². The van der Waals surface area contributed by atoms with Gasteiger partial charge in [0.25, 0.3) is 0 Å². The molecule has 1 amide bonds. The number of hydrogen-bond donors (Lipinski definition) is 0. The molecule has 3 nitrogen and oxygen atoms in total. The van der Waals surface area contributed by atoms with Crippen LogP contribution in [0.1, 0.15) is 6.92 Å². The van der Waals surface area contributed by atoms with Crippen molar-refractivity contribution in [2.24, 2.45) is 0 Å². The minimum absolute atomic E-state index is 0.171. The molecule has 0 aromatic carbocycles. The van der Waals surface area contributed by atoms with E-state index in [9.17, 15) is 4.79 Å². The fraction of sp³-hybridized carbons (Fsp3) is 0.667. The Labute approximate surface area is 80.4 Å². The van der Waals surface area contributed by atoms with E-state index in [1.54, 1.807) is 4.90 Å². The number of ether oxygens (including phenoxy) is 1. The normalized spacial score (nSPS) is 21.2. The van der Waals surface area contributed by atoms with Gasteiger partial charge in [-0.3, -0.25) is 0 Å². The van der Waals surface area contributed by atoms with Crippen LogP contribution in [0.4, 0.5) is 4.79 Å². The summed E-state index contributed by atoms with van der Waals surface area (Å²) in [6.45, 7) is 11.4. The van der Waals surface area contributed by atoms with Gasteiger partial charge in [-0.2, -0.15) is 0 Å². The highest BCUT2D eigenvalue weighted by molar-refractivity contribution is 6.84. The molecule has 1 aliphatic heterocycles. The highest BCUT2D eigenvalue weighted by Gasteiger charge is 2.49. The summed E-state index contributed by atoms with van der Waals surface area (Å²) in [7, 11) is -1.41. The van der Waals surface area contributed by atoms with Crippen LogP contribution in [-0.2, 0) is 4.74 Å². The lowest BCUT2D eigenvalue weighted by Gasteiger charge is -2.16. The van der Waals surface area contributed by atoms with Crippen LogP contribution in [0.15, 0.2) is 12.3 Å². The Kier molecular flexibility index (Phi) is 2.80. The monoisotopic (exact) mass is 199 g/mol. The molecule has 1 fully saturated rings. The molecule has 1 heterocycles. The molecule has 1 atom stereocenters. The zero-order valence-corrected chi connectivity index (χ0v) is 9.54. The minimum Gasteiger partial charge on any atom is -0.450 e. The molecule has 1 saturated heterocycles. The first-order valence-corrected chi connectivity index (χ1v) is 7.75. The van der Waals surface area contributed by atoms with Crippen molar-refractivity contribution in [3.05, 3.63) is 12.3 Å². The Morgan fingerprint density at radius 1 is 1.77 bits per heavy atom. The van der Waals surface area contributed by atoms with E-state index in [0.717, 1.165) is 6.54 Å². The quantitative estimate of drug-likeness (QED) is 0.512. The molecule has 0 aliphatic carbocycles. The molecule has 1 rings (SSSR count). The second kappa shape index (κ2) is 3.53. The zero-order valence-electron chi connectivity index (χ0n) is 8.54. The van der Waals surface area contributed by atoms with Gasteiger partial charge in [0.15, 0.2) is 0 Å². The molecule has 1 aliphatic rings. The number of rotatable bonds is 3. The van der Waals surface area contributed by atoms with E-state index < -0.39 is 8.07 Å². The van der Waals surface area contributed by atoms with Gasteiger partial charge in [-0.1, -0.05) is 18.8 Å². The number of carbonyl (C=O) groups excluding carboxylic acids is 1. The number of hydrogen-bond acceptors (Lipinski definition) is 2. The highest BCUT2D eigenvalue weighted by atomic mass is 28.3. The first-order valence-electron chi connectivity index (χ1n) is 4.60. The Morgan fingerprint density at radius 2 is 2.38 bits per heavy atom. The smallest absolute Gasteiger partial charge is 0.409 e. The Hall–Kier alpha value is -0.773. The van der Waals surface area contributed by atoms with Crippen LogP contribution in [-0.4, -0.2) is 37.9 Å². The summed E-state index contributed by atoms with van der Waals surface area (Å²) in [5.74, 6) is 0. The lowest BCUT2D eigenvalue weighted by Crippen LogP contribution is -2.35. The molecular formula is C9H17NO2Si. The van der Waals surface area contributed by atoms with Gasteiger partial charge < -0.3 is 9.64 Å². The molecule has 4 heteroatoms. The van der Waals surface area contributed by atoms with E-state index in [1.807, 2.05) is 12.6 Å². The number of amides is 1. The fourth-order valence-electron chi connectivity index (χ4n) is 1.32. The average Bonchev–Trinajstić information content (AvgIpc) is 2.84. The second-order valence-corrected chi connectivity index (χ2v) is 8.61. The summed E-state index contributed by atoms with van der Waals surface area (Å²) in [5.41, 5.74) is 2.43. The van der Waals surface area contributed by atoms with Gasteiger partial charge in [-0.05, 0) is 6.92 Å². The third kappa shape index (κ3) is 2.12. The average molecular weight is 199 g/mol. The van der Waals surface area contributed by atoms with Gasteiger partial charge in [0.1, 0.15) is 0 Å². The van der Waals surface area contributed by atoms with Crippen LogP contribution in [0.5, 0.6) is 0 Å². The first-order chi connectivity index (χ1) is 6.03. The summed E-state index contributed by atoms with van der Waals surface area (Å²) in [6.07, 6.45) is -0.171. The van der Waals surface area contributed by atoms with E-state index in [0.29, 0.717) is 12.3 Å². The van der Waals surface area contributed by atoms with Crippen LogP contribution < -0.4 is 0 Å². The highest BCUT2D eigenvalue weighted by Crippen LogP contribution is 2.28. The van der Waals surface area contributed by atoms with Gasteiger partial charge in [0, 0.05) is 12.2 Å². The molecule has 0 saturated carbocycles. The second-order valence-electron chi connectivity index (χ2n) is 3.89. The van der Waals surface area contributed by atoms with E-state index in [-0.39, 0.29) is 6.09 Å². The van der Waals surface area contributed by atoms with E-state index in [2.05, 4.69) is 19.7 Å². The van der Waals surface area contributed by atoms with Crippen molar-refractivity contribution in [3.8, 4) is 0 Å². The van der Waals surface area contributed by atoms with Gasteiger partial charge >= 0.3 is 6.09 Å². The van der Waals surface area contributed by atoms with Crippen molar-refractivity contribution in [2.45, 2.75) is 25.7 Å². The predicted octanol–water partition coefficient (Wildman–Crippen LogP) is 1.80. The molecular weight excluding hydrogens is 182 g/mol. The van der Waals surface area contributed by atoms with Crippen LogP contribution in [0.25, 0.3) is 0 Å². The van der Waals surface area contributed by atoms with Crippen LogP contribution in [0, 0.1) is 0 Å². The van der Waals surface area contributed by atoms with E-state index in [4.69, 9.17) is 4.74 Å². The van der Waals surface area contributed by atoms with Crippen molar-refractivity contribution >= 4 is 14.2 Å². The fourth-order valence-corrected chi connectivity index (χ4v) is 3.17. The summed E-state index contributed by atoms with van der Waals surface area (Å²) in [4.78, 5) is 13.1. The zero-order chi connectivity index (χ0) is 10.1. The maximum absolute atomic E-state index is 11.3. The van der Waals surface area contributed by atoms with Gasteiger partial charge in [-0.25, -0.2) is 4.79 Å². The van der Waals surface area contributed by atoms with Crippen molar-refractivity contribution < 1.29 is 9.53 Å². The molecule has 0 spiro atoms. The summed E-state index contributed by atoms with van der Waals surface area (Å²) in [5, 5.41) is 0. The Balaban J connectivity index is 2.46. The van der Waals surface area contributed by atoms with Gasteiger partial charge in [0.2, 0.25) is 0 Å². The molecule has 74 valence electrons. The summed E-state index contributed by atoms with van der Waals surface area (Å²) >= 11 is 0. The Morgan fingerprint density at radius 3 is 2.85 bits per heavy atom. The molecule has 0 radical (unpaired) electrons. The minimum atomic E-state index is -1.41. The van der Waals surface area contributed by atoms with E-state index >= 15 is 0 Å². The molecule has 0 bridgehead atoms. The summed E-state index contributed by atoms with van der Waals surface area (Å²) < 4.78 is 4.91. The lowest BCUT2D eigenvalue weighted by molar-refractivity contribution is 0.136. The maximum Gasteiger partial charge on any atom is 0.409 e. The standard InChI is InChI=1S/C9H17NO2Si/c1-5-12-9(11)10-7-8(10)13(3,4)6-2/h6,8H,2,5,7H2,1,3-4H3. The van der Waals surface area contributed by atoms with Crippen LogP contribution in [0.3, 0.4) is 0 Å². The third-order valence-corrected chi connectivity index (χ3v) is 5.76. The van der Waals surface area contributed by atoms with Gasteiger partial charge in [-0.15, -0.1) is 6.58 Å². The third-order valence-electron chi connectivity index (χ3n) is 2.50. The van der Waals surface area contributed by atoms with Crippen molar-refractivity contribution in [2.75, 3.05) is 13.2 Å². The largest absolute Gasteiger partial charge is 0.450 e.